The van der Waals surface area contributed by atoms with Crippen LogP contribution in [0.1, 0.15) is 52.4 Å². The first-order valence-electron chi connectivity index (χ1n) is 6.71. The number of nitrogens with zero attached hydrogens (tertiary/aromatic N) is 2. The highest BCUT2D eigenvalue weighted by Gasteiger charge is 2.23. The van der Waals surface area contributed by atoms with Crippen LogP contribution in [0.25, 0.3) is 0 Å². The van der Waals surface area contributed by atoms with Crippen LogP contribution in [0.3, 0.4) is 0 Å². The molecule has 0 aliphatic heterocycles. The van der Waals surface area contributed by atoms with Gasteiger partial charge in [-0.3, -0.25) is 4.99 Å². The van der Waals surface area contributed by atoms with Crippen molar-refractivity contribution < 1.29 is 0 Å². The monoisotopic (exact) mass is 225 g/mol. The summed E-state index contributed by atoms with van der Waals surface area (Å²) in [6.07, 6.45) is 7.65. The Kier molecular flexibility index (Phi) is 5.64. The van der Waals surface area contributed by atoms with Crippen LogP contribution in [0.4, 0.5) is 0 Å². The molecule has 0 heterocycles. The van der Waals surface area contributed by atoms with Crippen molar-refractivity contribution >= 4 is 5.96 Å². The molecule has 1 saturated carbocycles. The van der Waals surface area contributed by atoms with E-state index in [1.165, 1.54) is 32.1 Å². The minimum Gasteiger partial charge on any atom is -0.370 e. The maximum atomic E-state index is 5.98. The summed E-state index contributed by atoms with van der Waals surface area (Å²) in [5.74, 6) is 1.67. The lowest BCUT2D eigenvalue weighted by atomic mass is 9.84. The SMILES string of the molecule is CCCN=C(N)N(C)C1CCC(CC)CC1. The number of hydrogen-bond acceptors (Lipinski definition) is 1. The second kappa shape index (κ2) is 6.77. The molecule has 94 valence electrons. The van der Waals surface area contributed by atoms with Gasteiger partial charge in [0.15, 0.2) is 5.96 Å². The van der Waals surface area contributed by atoms with Crippen LogP contribution in [0, 0.1) is 5.92 Å². The summed E-state index contributed by atoms with van der Waals surface area (Å²) in [6.45, 7) is 5.27. The summed E-state index contributed by atoms with van der Waals surface area (Å²) in [5, 5.41) is 0. The first kappa shape index (κ1) is 13.3. The Morgan fingerprint density at radius 2 is 1.88 bits per heavy atom. The standard InChI is InChI=1S/C13H27N3/c1-4-10-15-13(14)16(3)12-8-6-11(5-2)7-9-12/h11-12H,4-10H2,1-3H3,(H2,14,15). The van der Waals surface area contributed by atoms with Gasteiger partial charge in [-0.2, -0.15) is 0 Å². The lowest BCUT2D eigenvalue weighted by Crippen LogP contribution is -2.43. The Bertz CT molecular complexity index is 217. The fraction of sp³-hybridized carbons (Fsp3) is 0.923. The molecule has 1 fully saturated rings. The van der Waals surface area contributed by atoms with E-state index in [9.17, 15) is 0 Å². The predicted octanol–water partition coefficient (Wildman–Crippen LogP) is 2.61. The number of guanidine groups is 1. The average Bonchev–Trinajstić information content (AvgIpc) is 2.35. The molecule has 1 aliphatic rings. The molecule has 0 unspecified atom stereocenters. The molecular formula is C13H27N3. The van der Waals surface area contributed by atoms with E-state index in [-0.39, 0.29) is 0 Å². The first-order chi connectivity index (χ1) is 7.69. The number of hydrogen-bond donors (Lipinski definition) is 1. The average molecular weight is 225 g/mol. The second-order valence-electron chi connectivity index (χ2n) is 4.93. The quantitative estimate of drug-likeness (QED) is 0.590. The van der Waals surface area contributed by atoms with E-state index in [1.54, 1.807) is 0 Å². The predicted molar refractivity (Wildman–Crippen MR) is 70.6 cm³/mol. The lowest BCUT2D eigenvalue weighted by molar-refractivity contribution is 0.224. The minimum atomic E-state index is 0.614. The molecule has 3 nitrogen and oxygen atoms in total. The molecule has 0 radical (unpaired) electrons. The van der Waals surface area contributed by atoms with Crippen LogP contribution in [0.2, 0.25) is 0 Å². The summed E-state index contributed by atoms with van der Waals surface area (Å²) >= 11 is 0. The topological polar surface area (TPSA) is 41.6 Å². The van der Waals surface area contributed by atoms with Gasteiger partial charge in [-0.1, -0.05) is 20.3 Å². The molecule has 0 amide bonds. The van der Waals surface area contributed by atoms with Crippen LogP contribution < -0.4 is 5.73 Å². The molecule has 2 N–H and O–H groups in total. The zero-order valence-electron chi connectivity index (χ0n) is 11.1. The Morgan fingerprint density at radius 1 is 1.25 bits per heavy atom. The molecule has 0 atom stereocenters. The summed E-state index contributed by atoms with van der Waals surface area (Å²) in [5.41, 5.74) is 5.98. The van der Waals surface area contributed by atoms with Crippen molar-refractivity contribution in [3.8, 4) is 0 Å². The van der Waals surface area contributed by atoms with Gasteiger partial charge in [0.2, 0.25) is 0 Å². The molecule has 0 aromatic carbocycles. The van der Waals surface area contributed by atoms with E-state index in [1.807, 2.05) is 0 Å². The van der Waals surface area contributed by atoms with Gasteiger partial charge in [-0.15, -0.1) is 0 Å². The van der Waals surface area contributed by atoms with Gasteiger partial charge >= 0.3 is 0 Å². The maximum absolute atomic E-state index is 5.98. The largest absolute Gasteiger partial charge is 0.370 e. The Balaban J connectivity index is 2.40. The molecule has 0 aromatic heterocycles. The van der Waals surface area contributed by atoms with Crippen LogP contribution in [-0.4, -0.2) is 30.5 Å². The van der Waals surface area contributed by atoms with E-state index in [2.05, 4.69) is 30.8 Å². The summed E-state index contributed by atoms with van der Waals surface area (Å²) in [6, 6.07) is 0.614. The van der Waals surface area contributed by atoms with E-state index in [0.717, 1.165) is 24.8 Å². The third-order valence-corrected chi connectivity index (χ3v) is 3.80. The first-order valence-corrected chi connectivity index (χ1v) is 6.71. The Morgan fingerprint density at radius 3 is 2.38 bits per heavy atom. The van der Waals surface area contributed by atoms with E-state index in [0.29, 0.717) is 6.04 Å². The highest BCUT2D eigenvalue weighted by atomic mass is 15.3. The highest BCUT2D eigenvalue weighted by Crippen LogP contribution is 2.28. The lowest BCUT2D eigenvalue weighted by Gasteiger charge is -2.35. The van der Waals surface area contributed by atoms with Crippen molar-refractivity contribution in [1.82, 2.24) is 4.90 Å². The summed E-state index contributed by atoms with van der Waals surface area (Å²) < 4.78 is 0. The zero-order chi connectivity index (χ0) is 12.0. The smallest absolute Gasteiger partial charge is 0.191 e. The van der Waals surface area contributed by atoms with Crippen molar-refractivity contribution in [3.63, 3.8) is 0 Å². The fourth-order valence-electron chi connectivity index (χ4n) is 2.47. The molecular weight excluding hydrogens is 198 g/mol. The normalized spacial score (nSPS) is 26.8. The number of rotatable bonds is 4. The van der Waals surface area contributed by atoms with Gasteiger partial charge in [0.1, 0.15) is 0 Å². The second-order valence-corrected chi connectivity index (χ2v) is 4.93. The third-order valence-electron chi connectivity index (χ3n) is 3.80. The van der Waals surface area contributed by atoms with Gasteiger partial charge in [0, 0.05) is 19.6 Å². The van der Waals surface area contributed by atoms with E-state index < -0.39 is 0 Å². The van der Waals surface area contributed by atoms with Crippen LogP contribution >= 0.6 is 0 Å². The number of aliphatic imine (C=N–C) groups is 1. The van der Waals surface area contributed by atoms with Crippen molar-refractivity contribution in [2.75, 3.05) is 13.6 Å². The van der Waals surface area contributed by atoms with Gasteiger partial charge in [-0.25, -0.2) is 0 Å². The van der Waals surface area contributed by atoms with Crippen molar-refractivity contribution in [3.05, 3.63) is 0 Å². The molecule has 0 spiro atoms. The van der Waals surface area contributed by atoms with E-state index in [4.69, 9.17) is 5.73 Å². The Hall–Kier alpha value is -0.730. The molecule has 1 rings (SSSR count). The third kappa shape index (κ3) is 3.69. The van der Waals surface area contributed by atoms with Gasteiger partial charge in [-0.05, 0) is 38.0 Å². The molecule has 3 heteroatoms. The number of nitrogens with two attached hydrogens (primary N) is 1. The molecule has 0 aromatic rings. The molecule has 16 heavy (non-hydrogen) atoms. The maximum Gasteiger partial charge on any atom is 0.191 e. The van der Waals surface area contributed by atoms with Crippen LogP contribution in [0.15, 0.2) is 4.99 Å². The fourth-order valence-corrected chi connectivity index (χ4v) is 2.47. The van der Waals surface area contributed by atoms with Crippen molar-refractivity contribution in [2.45, 2.75) is 58.4 Å². The summed E-state index contributed by atoms with van der Waals surface area (Å²) in [7, 11) is 2.09. The van der Waals surface area contributed by atoms with Gasteiger partial charge in [0.05, 0.1) is 0 Å². The minimum absolute atomic E-state index is 0.614. The van der Waals surface area contributed by atoms with Gasteiger partial charge in [0.25, 0.3) is 0 Å². The van der Waals surface area contributed by atoms with E-state index >= 15 is 0 Å². The van der Waals surface area contributed by atoms with Crippen molar-refractivity contribution in [1.29, 1.82) is 0 Å². The summed E-state index contributed by atoms with van der Waals surface area (Å²) in [4.78, 5) is 6.56. The zero-order valence-corrected chi connectivity index (χ0v) is 11.1. The van der Waals surface area contributed by atoms with Crippen LogP contribution in [-0.2, 0) is 0 Å². The molecule has 0 saturated heterocycles. The highest BCUT2D eigenvalue weighted by molar-refractivity contribution is 5.78. The molecule has 0 bridgehead atoms. The van der Waals surface area contributed by atoms with Crippen LogP contribution in [0.5, 0.6) is 0 Å². The molecule has 1 aliphatic carbocycles. The van der Waals surface area contributed by atoms with Gasteiger partial charge < -0.3 is 10.6 Å². The van der Waals surface area contributed by atoms with Crippen molar-refractivity contribution in [2.24, 2.45) is 16.6 Å². The Labute approximate surface area is 100 Å².